The molecular weight excluding hydrogens is 451 g/mol. The number of amides is 1. The Kier molecular flexibility index (Phi) is 5.97. The van der Waals surface area contributed by atoms with Gasteiger partial charge in [0.2, 0.25) is 0 Å². The van der Waals surface area contributed by atoms with Gasteiger partial charge in [0, 0.05) is 30.9 Å². The fourth-order valence-electron chi connectivity index (χ4n) is 4.26. The van der Waals surface area contributed by atoms with Crippen LogP contribution < -0.4 is 0 Å². The highest BCUT2D eigenvalue weighted by atomic mass is 32.1. The number of carbonyl (C=O) groups is 1. The van der Waals surface area contributed by atoms with Gasteiger partial charge in [0.1, 0.15) is 11.5 Å². The summed E-state index contributed by atoms with van der Waals surface area (Å²) in [6.45, 7) is 3.32. The third-order valence-electron chi connectivity index (χ3n) is 6.20. The molecule has 1 aliphatic rings. The minimum atomic E-state index is -0.302. The number of benzene rings is 1. The van der Waals surface area contributed by atoms with E-state index in [1.54, 1.807) is 29.2 Å². The topological polar surface area (TPSA) is 67.2 Å². The van der Waals surface area contributed by atoms with Gasteiger partial charge in [0.25, 0.3) is 11.9 Å². The summed E-state index contributed by atoms with van der Waals surface area (Å²) in [6.07, 6.45) is 4.29. The highest BCUT2D eigenvalue weighted by Crippen LogP contribution is 2.32. The molecule has 5 rings (SSSR count). The lowest BCUT2D eigenvalue weighted by molar-refractivity contribution is 0.0784. The van der Waals surface area contributed by atoms with Crippen LogP contribution in [0.5, 0.6) is 0 Å². The maximum absolute atomic E-state index is 13.5. The normalized spacial score (nSPS) is 15.9. The third-order valence-corrected chi connectivity index (χ3v) is 7.08. The van der Waals surface area contributed by atoms with Crippen molar-refractivity contribution in [2.45, 2.75) is 19.4 Å². The van der Waals surface area contributed by atoms with E-state index in [4.69, 9.17) is 4.98 Å². The van der Waals surface area contributed by atoms with Gasteiger partial charge in [-0.15, -0.1) is 11.3 Å². The van der Waals surface area contributed by atoms with Gasteiger partial charge in [-0.2, -0.15) is 9.78 Å². The highest BCUT2D eigenvalue weighted by molar-refractivity contribution is 7.13. The fourth-order valence-corrected chi connectivity index (χ4v) is 5.03. The molecular formula is C25H25FN6OS. The van der Waals surface area contributed by atoms with Crippen molar-refractivity contribution in [1.82, 2.24) is 29.5 Å². The Balaban J connectivity index is 1.57. The van der Waals surface area contributed by atoms with Crippen LogP contribution in [0.4, 0.5) is 4.39 Å². The molecule has 9 heteroatoms. The first-order valence-electron chi connectivity index (χ1n) is 11.1. The van der Waals surface area contributed by atoms with Crippen LogP contribution in [-0.4, -0.2) is 68.7 Å². The number of hydrogen-bond acceptors (Lipinski definition) is 6. The van der Waals surface area contributed by atoms with Crippen molar-refractivity contribution in [2.75, 3.05) is 27.2 Å². The first-order valence-corrected chi connectivity index (χ1v) is 12.0. The summed E-state index contributed by atoms with van der Waals surface area (Å²) in [6, 6.07) is 10.5. The summed E-state index contributed by atoms with van der Waals surface area (Å²) >= 11 is 1.54. The lowest BCUT2D eigenvalue weighted by Gasteiger charge is -2.20. The second-order valence-corrected chi connectivity index (χ2v) is 9.61. The molecule has 34 heavy (non-hydrogen) atoms. The van der Waals surface area contributed by atoms with E-state index >= 15 is 0 Å². The zero-order valence-corrected chi connectivity index (χ0v) is 20.1. The number of likely N-dealkylation sites (tertiary alicyclic amines) is 1. The molecule has 0 N–H and O–H groups in total. The zero-order chi connectivity index (χ0) is 23.8. The van der Waals surface area contributed by atoms with E-state index in [0.29, 0.717) is 42.0 Å². The van der Waals surface area contributed by atoms with Crippen LogP contribution in [0.25, 0.3) is 27.8 Å². The van der Waals surface area contributed by atoms with E-state index in [1.165, 1.54) is 23.5 Å². The van der Waals surface area contributed by atoms with Crippen LogP contribution in [0.1, 0.15) is 22.3 Å². The number of halogens is 1. The smallest absolute Gasteiger partial charge is 0.257 e. The van der Waals surface area contributed by atoms with Crippen molar-refractivity contribution < 1.29 is 9.18 Å². The maximum Gasteiger partial charge on any atom is 0.257 e. The molecule has 0 bridgehead atoms. The van der Waals surface area contributed by atoms with Crippen LogP contribution in [0.2, 0.25) is 0 Å². The molecule has 4 aromatic rings. The Morgan fingerprint density at radius 2 is 1.97 bits per heavy atom. The number of aromatic nitrogens is 4. The van der Waals surface area contributed by atoms with Crippen molar-refractivity contribution in [2.24, 2.45) is 0 Å². The predicted molar refractivity (Wildman–Crippen MR) is 131 cm³/mol. The maximum atomic E-state index is 13.5. The zero-order valence-electron chi connectivity index (χ0n) is 19.3. The second kappa shape index (κ2) is 9.08. The Morgan fingerprint density at radius 1 is 1.18 bits per heavy atom. The summed E-state index contributed by atoms with van der Waals surface area (Å²) in [4.78, 5) is 27.8. The number of carbonyl (C=O) groups excluding carboxylic acids is 1. The molecule has 0 aliphatic carbocycles. The van der Waals surface area contributed by atoms with Crippen LogP contribution in [0.3, 0.4) is 0 Å². The molecule has 0 unspecified atom stereocenters. The van der Waals surface area contributed by atoms with Gasteiger partial charge < -0.3 is 9.80 Å². The lowest BCUT2D eigenvalue weighted by Crippen LogP contribution is -2.34. The van der Waals surface area contributed by atoms with Crippen molar-refractivity contribution in [3.8, 4) is 27.8 Å². The molecule has 1 saturated heterocycles. The van der Waals surface area contributed by atoms with Gasteiger partial charge in [0.15, 0.2) is 0 Å². The minimum absolute atomic E-state index is 0.0372. The van der Waals surface area contributed by atoms with Crippen molar-refractivity contribution in [3.63, 3.8) is 0 Å². The molecule has 1 amide bonds. The monoisotopic (exact) mass is 476 g/mol. The summed E-state index contributed by atoms with van der Waals surface area (Å²) in [5, 5.41) is 6.52. The molecule has 3 aromatic heterocycles. The summed E-state index contributed by atoms with van der Waals surface area (Å²) < 4.78 is 15.1. The van der Waals surface area contributed by atoms with Crippen molar-refractivity contribution in [1.29, 1.82) is 0 Å². The number of hydrogen-bond donors (Lipinski definition) is 0. The van der Waals surface area contributed by atoms with E-state index in [2.05, 4.69) is 15.0 Å². The first kappa shape index (κ1) is 22.4. The molecule has 7 nitrogen and oxygen atoms in total. The summed E-state index contributed by atoms with van der Waals surface area (Å²) in [7, 11) is 4.09. The van der Waals surface area contributed by atoms with Crippen LogP contribution >= 0.6 is 11.3 Å². The Morgan fingerprint density at radius 3 is 2.65 bits per heavy atom. The van der Waals surface area contributed by atoms with Crippen molar-refractivity contribution >= 4 is 17.2 Å². The Bertz CT molecular complexity index is 1320. The molecule has 1 aromatic carbocycles. The number of likely N-dealkylation sites (N-methyl/N-ethyl adjacent to an activating group) is 1. The molecule has 1 atom stereocenters. The minimum Gasteiger partial charge on any atom is -0.337 e. The van der Waals surface area contributed by atoms with Gasteiger partial charge in [-0.25, -0.2) is 14.4 Å². The molecule has 1 fully saturated rings. The van der Waals surface area contributed by atoms with E-state index in [0.717, 1.165) is 22.4 Å². The molecule has 0 radical (unpaired) electrons. The number of aryl methyl sites for hydroxylation is 1. The van der Waals surface area contributed by atoms with Crippen LogP contribution in [0, 0.1) is 12.7 Å². The quantitative estimate of drug-likeness (QED) is 0.430. The van der Waals surface area contributed by atoms with E-state index < -0.39 is 0 Å². The van der Waals surface area contributed by atoms with Crippen molar-refractivity contribution in [3.05, 3.63) is 71.1 Å². The van der Waals surface area contributed by atoms with E-state index in [-0.39, 0.29) is 11.7 Å². The molecule has 0 saturated carbocycles. The molecule has 174 valence electrons. The predicted octanol–water partition coefficient (Wildman–Crippen LogP) is 4.28. The van der Waals surface area contributed by atoms with Gasteiger partial charge in [-0.3, -0.25) is 4.79 Å². The summed E-state index contributed by atoms with van der Waals surface area (Å²) in [5.41, 5.74) is 3.56. The van der Waals surface area contributed by atoms with Crippen LogP contribution in [-0.2, 0) is 0 Å². The van der Waals surface area contributed by atoms with Crippen LogP contribution in [0.15, 0.2) is 54.2 Å². The van der Waals surface area contributed by atoms with Gasteiger partial charge in [0.05, 0.1) is 22.3 Å². The molecule has 1 aliphatic heterocycles. The standard InChI is InChI=1S/C25H25FN6OS/c1-16-13-27-25(29-22(16)17-6-8-18(26)9-7-17)32-23(21-5-4-12-34-21)20(14-28-32)24(33)31-11-10-19(15-31)30(2)3/h4-9,12-14,19H,10-11,15H2,1-3H3/t19-/m1/s1. The van der Waals surface area contributed by atoms with E-state index in [1.807, 2.05) is 43.4 Å². The summed E-state index contributed by atoms with van der Waals surface area (Å²) in [5.74, 6) is 0.0224. The lowest BCUT2D eigenvalue weighted by atomic mass is 10.1. The molecule has 0 spiro atoms. The fraction of sp³-hybridized carbons (Fsp3) is 0.280. The second-order valence-electron chi connectivity index (χ2n) is 8.66. The third kappa shape index (κ3) is 4.12. The average molecular weight is 477 g/mol. The Hall–Kier alpha value is -3.43. The molecule has 4 heterocycles. The number of nitrogens with zero attached hydrogens (tertiary/aromatic N) is 6. The van der Waals surface area contributed by atoms with Gasteiger partial charge in [-0.05, 0) is 68.7 Å². The number of rotatable bonds is 5. The first-order chi connectivity index (χ1) is 16.4. The Labute approximate surface area is 201 Å². The van der Waals surface area contributed by atoms with E-state index in [9.17, 15) is 9.18 Å². The average Bonchev–Trinajstić information content (AvgIpc) is 3.60. The largest absolute Gasteiger partial charge is 0.337 e. The van der Waals surface area contributed by atoms with Gasteiger partial charge in [-0.1, -0.05) is 6.07 Å². The SMILES string of the molecule is Cc1cnc(-n2ncc(C(=O)N3CC[C@@H](N(C)C)C3)c2-c2cccs2)nc1-c1ccc(F)cc1. The number of thiophene rings is 1. The van der Waals surface area contributed by atoms with Gasteiger partial charge >= 0.3 is 0 Å². The highest BCUT2D eigenvalue weighted by Gasteiger charge is 2.31.